The number of hydrogen-bond acceptors (Lipinski definition) is 0. The minimum atomic E-state index is 1.17. The van der Waals surface area contributed by atoms with E-state index in [0.29, 0.717) is 0 Å². The minimum Gasteiger partial charge on any atom is -0.0990 e. The van der Waals surface area contributed by atoms with Gasteiger partial charge in [0.15, 0.2) is 0 Å². The van der Waals surface area contributed by atoms with E-state index in [1.165, 1.54) is 16.7 Å². The van der Waals surface area contributed by atoms with Gasteiger partial charge in [-0.25, -0.2) is 0 Å². The van der Waals surface area contributed by atoms with E-state index in [4.69, 9.17) is 0 Å². The Morgan fingerprint density at radius 1 is 1.12 bits per heavy atom. The molecule has 82 valence electrons. The summed E-state index contributed by atoms with van der Waals surface area (Å²) in [5.41, 5.74) is 3.67. The summed E-state index contributed by atoms with van der Waals surface area (Å²) in [7, 11) is 0. The molecule has 0 aliphatic carbocycles. The van der Waals surface area contributed by atoms with Crippen LogP contribution in [-0.4, -0.2) is 0 Å². The van der Waals surface area contributed by atoms with Crippen LogP contribution >= 0.6 is 0 Å². The summed E-state index contributed by atoms with van der Waals surface area (Å²) >= 11 is 0. The smallest absolute Gasteiger partial charge is 0.0184 e. The van der Waals surface area contributed by atoms with E-state index in [1.807, 2.05) is 37.3 Å². The van der Waals surface area contributed by atoms with Crippen LogP contribution in [0.4, 0.5) is 0 Å². The molecule has 0 nitrogen and oxygen atoms in total. The highest BCUT2D eigenvalue weighted by Gasteiger charge is 1.95. The SMILES string of the molecule is C=C\C=C(/C=C\C=C/C)c1ccc(C)cc1. The molecule has 0 heteroatoms. The van der Waals surface area contributed by atoms with Crippen LogP contribution in [0.3, 0.4) is 0 Å². The molecular formula is C16H18. The van der Waals surface area contributed by atoms with Crippen molar-refractivity contribution in [1.29, 1.82) is 0 Å². The topological polar surface area (TPSA) is 0 Å². The zero-order valence-electron chi connectivity index (χ0n) is 9.98. The molecule has 0 saturated heterocycles. The van der Waals surface area contributed by atoms with E-state index in [1.54, 1.807) is 0 Å². The fraction of sp³-hybridized carbons (Fsp3) is 0.125. The minimum absolute atomic E-state index is 1.17. The van der Waals surface area contributed by atoms with E-state index >= 15 is 0 Å². The van der Waals surface area contributed by atoms with Crippen molar-refractivity contribution >= 4 is 5.57 Å². The molecule has 0 spiro atoms. The van der Waals surface area contributed by atoms with E-state index in [-0.39, 0.29) is 0 Å². The van der Waals surface area contributed by atoms with Crippen LogP contribution in [0.1, 0.15) is 18.1 Å². The molecule has 0 N–H and O–H groups in total. The van der Waals surface area contributed by atoms with Crippen molar-refractivity contribution in [2.24, 2.45) is 0 Å². The molecule has 1 rings (SSSR count). The summed E-state index contributed by atoms with van der Waals surface area (Å²) < 4.78 is 0. The molecule has 0 aliphatic rings. The standard InChI is InChI=1S/C16H18/c1-4-6-7-9-15(8-5-2)16-12-10-14(3)11-13-16/h4-13H,2H2,1,3H3/b6-4-,9-7-,15-8+. The molecule has 0 heterocycles. The third-order valence-electron chi connectivity index (χ3n) is 2.26. The highest BCUT2D eigenvalue weighted by atomic mass is 14.0. The van der Waals surface area contributed by atoms with Crippen LogP contribution in [0.2, 0.25) is 0 Å². The number of rotatable bonds is 4. The highest BCUT2D eigenvalue weighted by molar-refractivity contribution is 5.75. The van der Waals surface area contributed by atoms with Crippen LogP contribution < -0.4 is 0 Å². The predicted molar refractivity (Wildman–Crippen MR) is 73.3 cm³/mol. The molecule has 0 unspecified atom stereocenters. The van der Waals surface area contributed by atoms with Gasteiger partial charge in [0, 0.05) is 0 Å². The fourth-order valence-corrected chi connectivity index (χ4v) is 1.39. The molecule has 0 saturated carbocycles. The summed E-state index contributed by atoms with van der Waals surface area (Å²) in [6.45, 7) is 7.84. The molecule has 0 amide bonds. The van der Waals surface area contributed by atoms with Gasteiger partial charge < -0.3 is 0 Å². The van der Waals surface area contributed by atoms with Gasteiger partial charge in [-0.15, -0.1) is 0 Å². The summed E-state index contributed by atoms with van der Waals surface area (Å²) in [4.78, 5) is 0. The predicted octanol–water partition coefficient (Wildman–Crippen LogP) is 4.70. The van der Waals surface area contributed by atoms with Gasteiger partial charge in [0.2, 0.25) is 0 Å². The van der Waals surface area contributed by atoms with Gasteiger partial charge in [0.05, 0.1) is 0 Å². The second-order valence-electron chi connectivity index (χ2n) is 3.61. The second-order valence-corrected chi connectivity index (χ2v) is 3.61. The zero-order chi connectivity index (χ0) is 11.8. The van der Waals surface area contributed by atoms with E-state index in [9.17, 15) is 0 Å². The van der Waals surface area contributed by atoms with Crippen molar-refractivity contribution < 1.29 is 0 Å². The Labute approximate surface area is 98.3 Å². The van der Waals surface area contributed by atoms with Gasteiger partial charge in [-0.3, -0.25) is 0 Å². The largest absolute Gasteiger partial charge is 0.0990 e. The Morgan fingerprint density at radius 2 is 1.81 bits per heavy atom. The molecule has 1 aromatic rings. The summed E-state index contributed by atoms with van der Waals surface area (Å²) in [5.74, 6) is 0. The van der Waals surface area contributed by atoms with Crippen LogP contribution in [0, 0.1) is 6.92 Å². The molecule has 1 aromatic carbocycles. The first-order chi connectivity index (χ1) is 7.77. The van der Waals surface area contributed by atoms with Gasteiger partial charge in [-0.05, 0) is 25.0 Å². The van der Waals surface area contributed by atoms with Crippen molar-refractivity contribution in [1.82, 2.24) is 0 Å². The number of aryl methyl sites for hydroxylation is 1. The Balaban J connectivity index is 2.99. The second kappa shape index (κ2) is 6.62. The molecule has 0 fully saturated rings. The summed E-state index contributed by atoms with van der Waals surface area (Å²) in [6, 6.07) is 8.50. The maximum atomic E-state index is 3.74. The Kier molecular flexibility index (Phi) is 5.07. The molecule has 0 radical (unpaired) electrons. The van der Waals surface area contributed by atoms with E-state index in [2.05, 4.69) is 43.8 Å². The van der Waals surface area contributed by atoms with Crippen molar-refractivity contribution in [3.8, 4) is 0 Å². The average molecular weight is 210 g/mol. The molecule has 0 atom stereocenters. The number of hydrogen-bond donors (Lipinski definition) is 0. The number of benzene rings is 1. The zero-order valence-corrected chi connectivity index (χ0v) is 9.98. The van der Waals surface area contributed by atoms with Gasteiger partial charge >= 0.3 is 0 Å². The van der Waals surface area contributed by atoms with Gasteiger partial charge in [0.1, 0.15) is 0 Å². The average Bonchev–Trinajstić information content (AvgIpc) is 2.29. The van der Waals surface area contributed by atoms with Crippen molar-refractivity contribution in [2.75, 3.05) is 0 Å². The molecule has 0 aliphatic heterocycles. The monoisotopic (exact) mass is 210 g/mol. The third-order valence-corrected chi connectivity index (χ3v) is 2.26. The molecule has 0 aromatic heterocycles. The maximum Gasteiger partial charge on any atom is -0.0184 e. The maximum absolute atomic E-state index is 3.74. The normalized spacial score (nSPS) is 12.5. The van der Waals surface area contributed by atoms with Gasteiger partial charge in [-0.2, -0.15) is 0 Å². The van der Waals surface area contributed by atoms with Crippen LogP contribution in [-0.2, 0) is 0 Å². The first-order valence-corrected chi connectivity index (χ1v) is 5.47. The summed E-state index contributed by atoms with van der Waals surface area (Å²) in [6.07, 6.45) is 12.0. The lowest BCUT2D eigenvalue weighted by Crippen LogP contribution is -1.81. The molecule has 0 bridgehead atoms. The third kappa shape index (κ3) is 3.74. The van der Waals surface area contributed by atoms with Crippen molar-refractivity contribution in [3.05, 3.63) is 78.4 Å². The lowest BCUT2D eigenvalue weighted by molar-refractivity contribution is 1.45. The Morgan fingerprint density at radius 3 is 2.38 bits per heavy atom. The van der Waals surface area contributed by atoms with E-state index in [0.717, 1.165) is 0 Å². The van der Waals surface area contributed by atoms with Crippen LogP contribution in [0.25, 0.3) is 5.57 Å². The lowest BCUT2D eigenvalue weighted by Gasteiger charge is -2.02. The fourth-order valence-electron chi connectivity index (χ4n) is 1.39. The van der Waals surface area contributed by atoms with Crippen LogP contribution in [0.15, 0.2) is 67.3 Å². The van der Waals surface area contributed by atoms with Crippen molar-refractivity contribution in [3.63, 3.8) is 0 Å². The van der Waals surface area contributed by atoms with Crippen LogP contribution in [0.5, 0.6) is 0 Å². The highest BCUT2D eigenvalue weighted by Crippen LogP contribution is 2.16. The quantitative estimate of drug-likeness (QED) is 0.632. The summed E-state index contributed by atoms with van der Waals surface area (Å²) in [5, 5.41) is 0. The molecule has 16 heavy (non-hydrogen) atoms. The lowest BCUT2D eigenvalue weighted by atomic mass is 10.0. The van der Waals surface area contributed by atoms with E-state index < -0.39 is 0 Å². The van der Waals surface area contributed by atoms with Crippen molar-refractivity contribution in [2.45, 2.75) is 13.8 Å². The first kappa shape index (κ1) is 12.3. The Hall–Kier alpha value is -1.82. The Bertz CT molecular complexity index is 414. The first-order valence-electron chi connectivity index (χ1n) is 5.47. The van der Waals surface area contributed by atoms with Gasteiger partial charge in [0.25, 0.3) is 0 Å². The molecular weight excluding hydrogens is 192 g/mol. The number of allylic oxidation sites excluding steroid dienone is 7. The van der Waals surface area contributed by atoms with Gasteiger partial charge in [-0.1, -0.05) is 72.9 Å².